The second kappa shape index (κ2) is 4.70. The Morgan fingerprint density at radius 3 is 2.58 bits per heavy atom. The first kappa shape index (κ1) is 12.2. The van der Waals surface area contributed by atoms with E-state index in [0.717, 1.165) is 22.2 Å². The van der Waals surface area contributed by atoms with Gasteiger partial charge in [-0.15, -0.1) is 0 Å². The van der Waals surface area contributed by atoms with E-state index in [2.05, 4.69) is 12.1 Å². The van der Waals surface area contributed by atoms with Crippen LogP contribution in [-0.4, -0.2) is 41.7 Å². The van der Waals surface area contributed by atoms with Crippen molar-refractivity contribution in [1.29, 1.82) is 0 Å². The third-order valence-electron chi connectivity index (χ3n) is 3.86. The molecule has 0 radical (unpaired) electrons. The Balaban J connectivity index is 2.06. The zero-order chi connectivity index (χ0) is 13.4. The molecule has 1 aliphatic rings. The Morgan fingerprint density at radius 2 is 1.89 bits per heavy atom. The first-order valence-corrected chi connectivity index (χ1v) is 6.61. The molecule has 1 aromatic heterocycles. The Morgan fingerprint density at radius 1 is 1.21 bits per heavy atom. The van der Waals surface area contributed by atoms with Crippen LogP contribution in [-0.2, 0) is 11.8 Å². The molecular weight excluding hydrogens is 240 g/mol. The molecule has 2 aromatic rings. The molecule has 0 saturated carbocycles. The lowest BCUT2D eigenvalue weighted by Crippen LogP contribution is -2.41. The molecule has 0 aliphatic carbocycles. The Bertz CT molecular complexity index is 585. The lowest BCUT2D eigenvalue weighted by molar-refractivity contribution is 0.0296. The molecule has 0 unspecified atom stereocenters. The van der Waals surface area contributed by atoms with Crippen LogP contribution in [0, 0.1) is 6.92 Å². The number of para-hydroxylation sites is 1. The van der Waals surface area contributed by atoms with Gasteiger partial charge in [0.2, 0.25) is 0 Å². The standard InChI is InChI=1S/C15H18N2O2/c1-11-12-5-3-4-6-13(12)16(2)14(11)15(18)17-7-9-19-10-8-17/h3-6H,7-10H2,1-2H3. The highest BCUT2D eigenvalue weighted by Crippen LogP contribution is 2.25. The third-order valence-corrected chi connectivity index (χ3v) is 3.86. The number of benzene rings is 1. The summed E-state index contributed by atoms with van der Waals surface area (Å²) in [5.41, 5.74) is 2.97. The zero-order valence-corrected chi connectivity index (χ0v) is 11.3. The molecule has 1 amide bonds. The number of nitrogens with zero attached hydrogens (tertiary/aromatic N) is 2. The van der Waals surface area contributed by atoms with Gasteiger partial charge in [-0.25, -0.2) is 0 Å². The van der Waals surface area contributed by atoms with Gasteiger partial charge in [0.1, 0.15) is 5.69 Å². The molecule has 100 valence electrons. The maximum Gasteiger partial charge on any atom is 0.270 e. The van der Waals surface area contributed by atoms with Crippen molar-refractivity contribution in [2.75, 3.05) is 26.3 Å². The first-order chi connectivity index (χ1) is 9.20. The minimum Gasteiger partial charge on any atom is -0.378 e. The maximum absolute atomic E-state index is 12.7. The molecule has 0 atom stereocenters. The largest absolute Gasteiger partial charge is 0.378 e. The fourth-order valence-corrected chi connectivity index (χ4v) is 2.80. The van der Waals surface area contributed by atoms with Crippen molar-refractivity contribution in [3.63, 3.8) is 0 Å². The van der Waals surface area contributed by atoms with Gasteiger partial charge < -0.3 is 14.2 Å². The quantitative estimate of drug-likeness (QED) is 0.783. The van der Waals surface area contributed by atoms with Gasteiger partial charge in [0.05, 0.1) is 13.2 Å². The van der Waals surface area contributed by atoms with Crippen LogP contribution in [0.2, 0.25) is 0 Å². The number of hydrogen-bond acceptors (Lipinski definition) is 2. The summed E-state index contributed by atoms with van der Waals surface area (Å²) in [6.45, 7) is 4.65. The molecular formula is C15H18N2O2. The number of aryl methyl sites for hydroxylation is 2. The SMILES string of the molecule is Cc1c(C(=O)N2CCOCC2)n(C)c2ccccc12. The minimum atomic E-state index is 0.111. The average molecular weight is 258 g/mol. The average Bonchev–Trinajstić information content (AvgIpc) is 2.72. The summed E-state index contributed by atoms with van der Waals surface area (Å²) in [6.07, 6.45) is 0. The van der Waals surface area contributed by atoms with Crippen molar-refractivity contribution in [2.24, 2.45) is 7.05 Å². The fraction of sp³-hybridized carbons (Fsp3) is 0.400. The van der Waals surface area contributed by atoms with Crippen molar-refractivity contribution >= 4 is 16.8 Å². The molecule has 1 fully saturated rings. The predicted molar refractivity (Wildman–Crippen MR) is 74.4 cm³/mol. The minimum absolute atomic E-state index is 0.111. The lowest BCUT2D eigenvalue weighted by atomic mass is 10.1. The molecule has 19 heavy (non-hydrogen) atoms. The summed E-state index contributed by atoms with van der Waals surface area (Å²) >= 11 is 0. The number of hydrogen-bond donors (Lipinski definition) is 0. The van der Waals surface area contributed by atoms with Gasteiger partial charge in [-0.3, -0.25) is 4.79 Å². The van der Waals surface area contributed by atoms with Crippen LogP contribution in [0.25, 0.3) is 10.9 Å². The molecule has 0 N–H and O–H groups in total. The second-order valence-corrected chi connectivity index (χ2v) is 4.95. The molecule has 1 saturated heterocycles. The maximum atomic E-state index is 12.7. The monoisotopic (exact) mass is 258 g/mol. The molecule has 4 heteroatoms. The van der Waals surface area contributed by atoms with E-state index in [1.54, 1.807) is 0 Å². The number of ether oxygens (including phenoxy) is 1. The van der Waals surface area contributed by atoms with E-state index in [4.69, 9.17) is 4.74 Å². The molecule has 1 aliphatic heterocycles. The fourth-order valence-electron chi connectivity index (χ4n) is 2.80. The number of rotatable bonds is 1. The summed E-state index contributed by atoms with van der Waals surface area (Å²) in [6, 6.07) is 8.14. The van der Waals surface area contributed by atoms with Crippen LogP contribution < -0.4 is 0 Å². The van der Waals surface area contributed by atoms with Gasteiger partial charge in [0.25, 0.3) is 5.91 Å². The van der Waals surface area contributed by atoms with Crippen molar-refractivity contribution in [2.45, 2.75) is 6.92 Å². The number of amides is 1. The smallest absolute Gasteiger partial charge is 0.270 e. The highest BCUT2D eigenvalue weighted by molar-refractivity contribution is 6.01. The number of carbonyl (C=O) groups is 1. The summed E-state index contributed by atoms with van der Waals surface area (Å²) in [7, 11) is 1.96. The van der Waals surface area contributed by atoms with Crippen molar-refractivity contribution < 1.29 is 9.53 Å². The van der Waals surface area contributed by atoms with E-state index in [9.17, 15) is 4.79 Å². The van der Waals surface area contributed by atoms with Crippen molar-refractivity contribution in [1.82, 2.24) is 9.47 Å². The number of carbonyl (C=O) groups excluding carboxylic acids is 1. The number of fused-ring (bicyclic) bond motifs is 1. The molecule has 2 heterocycles. The predicted octanol–water partition coefficient (Wildman–Crippen LogP) is 1.96. The summed E-state index contributed by atoms with van der Waals surface area (Å²) in [4.78, 5) is 14.5. The van der Waals surface area contributed by atoms with Gasteiger partial charge in [-0.1, -0.05) is 18.2 Å². The molecule has 0 spiro atoms. The van der Waals surface area contributed by atoms with Crippen LogP contribution in [0.15, 0.2) is 24.3 Å². The topological polar surface area (TPSA) is 34.5 Å². The summed E-state index contributed by atoms with van der Waals surface area (Å²) < 4.78 is 7.31. The molecule has 3 rings (SSSR count). The van der Waals surface area contributed by atoms with E-state index in [-0.39, 0.29) is 5.91 Å². The number of aromatic nitrogens is 1. The van der Waals surface area contributed by atoms with Crippen molar-refractivity contribution in [3.05, 3.63) is 35.5 Å². The zero-order valence-electron chi connectivity index (χ0n) is 11.3. The van der Waals surface area contributed by atoms with E-state index < -0.39 is 0 Å². The van der Waals surface area contributed by atoms with Crippen LogP contribution in [0.4, 0.5) is 0 Å². The first-order valence-electron chi connectivity index (χ1n) is 6.61. The Kier molecular flexibility index (Phi) is 3.03. The van der Waals surface area contributed by atoms with Crippen LogP contribution in [0.1, 0.15) is 16.1 Å². The molecule has 1 aromatic carbocycles. The van der Waals surface area contributed by atoms with Gasteiger partial charge >= 0.3 is 0 Å². The van der Waals surface area contributed by atoms with Gasteiger partial charge in [0.15, 0.2) is 0 Å². The van der Waals surface area contributed by atoms with Crippen LogP contribution in [0.5, 0.6) is 0 Å². The summed E-state index contributed by atoms with van der Waals surface area (Å²) in [5.74, 6) is 0.111. The van der Waals surface area contributed by atoms with E-state index >= 15 is 0 Å². The lowest BCUT2D eigenvalue weighted by Gasteiger charge is -2.27. The van der Waals surface area contributed by atoms with E-state index in [1.165, 1.54) is 0 Å². The Labute approximate surface area is 112 Å². The van der Waals surface area contributed by atoms with Crippen molar-refractivity contribution in [3.8, 4) is 0 Å². The normalized spacial score (nSPS) is 16.0. The van der Waals surface area contributed by atoms with Gasteiger partial charge in [0, 0.05) is 31.0 Å². The molecule has 0 bridgehead atoms. The molecule has 4 nitrogen and oxygen atoms in total. The third kappa shape index (κ3) is 1.92. The van der Waals surface area contributed by atoms with E-state index in [1.807, 2.05) is 35.6 Å². The van der Waals surface area contributed by atoms with Crippen LogP contribution in [0.3, 0.4) is 0 Å². The van der Waals surface area contributed by atoms with Gasteiger partial charge in [-0.05, 0) is 18.6 Å². The highest BCUT2D eigenvalue weighted by atomic mass is 16.5. The summed E-state index contributed by atoms with van der Waals surface area (Å²) in [5, 5.41) is 1.15. The van der Waals surface area contributed by atoms with Gasteiger partial charge in [-0.2, -0.15) is 0 Å². The highest BCUT2D eigenvalue weighted by Gasteiger charge is 2.24. The number of morpholine rings is 1. The second-order valence-electron chi connectivity index (χ2n) is 4.95. The van der Waals surface area contributed by atoms with E-state index in [0.29, 0.717) is 26.3 Å². The van der Waals surface area contributed by atoms with Crippen LogP contribution >= 0.6 is 0 Å². The Hall–Kier alpha value is -1.81.